The van der Waals surface area contributed by atoms with E-state index in [0.29, 0.717) is 17.4 Å². The molecule has 0 spiro atoms. The Morgan fingerprint density at radius 2 is 2.05 bits per heavy atom. The summed E-state index contributed by atoms with van der Waals surface area (Å²) in [6.07, 6.45) is 6.69. The second kappa shape index (κ2) is 5.38. The van der Waals surface area contributed by atoms with Crippen LogP contribution < -0.4 is 5.32 Å². The van der Waals surface area contributed by atoms with E-state index in [0.717, 1.165) is 13.1 Å². The number of carbonyl (C=O) groups excluding carboxylic acids is 1. The van der Waals surface area contributed by atoms with Gasteiger partial charge in [0.15, 0.2) is 6.04 Å². The highest BCUT2D eigenvalue weighted by atomic mass is 16.4. The van der Waals surface area contributed by atoms with Crippen LogP contribution >= 0.6 is 0 Å². The highest BCUT2D eigenvalue weighted by Crippen LogP contribution is 2.37. The Kier molecular flexibility index (Phi) is 3.57. The summed E-state index contributed by atoms with van der Waals surface area (Å²) in [5.74, 6) is 0.116. The van der Waals surface area contributed by atoms with E-state index in [1.165, 1.54) is 30.1 Å². The van der Waals surface area contributed by atoms with Crippen LogP contribution in [0, 0.1) is 11.8 Å². The fraction of sp³-hybridized carbons (Fsp3) is 0.643. The summed E-state index contributed by atoms with van der Waals surface area (Å²) in [6, 6.07) is -1.34. The lowest BCUT2D eigenvalue weighted by Gasteiger charge is -2.21. The van der Waals surface area contributed by atoms with Crippen molar-refractivity contribution in [1.29, 1.82) is 0 Å². The minimum absolute atomic E-state index is 0.291. The lowest BCUT2D eigenvalue weighted by atomic mass is 10.0. The number of carbonyl (C=O) groups is 2. The number of rotatable bonds is 3. The van der Waals surface area contributed by atoms with Crippen molar-refractivity contribution in [2.75, 3.05) is 13.1 Å². The molecule has 3 rings (SSSR count). The van der Waals surface area contributed by atoms with Crippen molar-refractivity contribution in [2.24, 2.45) is 18.9 Å². The molecular formula is C14H20N4O3. The molecule has 1 saturated carbocycles. The molecule has 2 aliphatic rings. The molecular weight excluding hydrogens is 272 g/mol. The largest absolute Gasteiger partial charge is 0.479 e. The predicted octanol–water partition coefficient (Wildman–Crippen LogP) is 0.987. The van der Waals surface area contributed by atoms with Crippen molar-refractivity contribution in [1.82, 2.24) is 20.0 Å². The van der Waals surface area contributed by atoms with Crippen LogP contribution in [0.1, 0.15) is 30.9 Å². The number of nitrogens with zero attached hydrogens (tertiary/aromatic N) is 3. The molecule has 1 aromatic heterocycles. The van der Waals surface area contributed by atoms with Crippen molar-refractivity contribution in [3.63, 3.8) is 0 Å². The fourth-order valence-electron chi connectivity index (χ4n) is 3.49. The predicted molar refractivity (Wildman–Crippen MR) is 74.5 cm³/mol. The third-order valence-electron chi connectivity index (χ3n) is 4.59. The lowest BCUT2D eigenvalue weighted by Crippen LogP contribution is -2.43. The Hall–Kier alpha value is -2.05. The van der Waals surface area contributed by atoms with E-state index in [2.05, 4.69) is 10.4 Å². The van der Waals surface area contributed by atoms with E-state index < -0.39 is 12.0 Å². The van der Waals surface area contributed by atoms with Gasteiger partial charge in [-0.1, -0.05) is 6.42 Å². The molecule has 2 amide bonds. The van der Waals surface area contributed by atoms with Gasteiger partial charge in [0.1, 0.15) is 0 Å². The number of nitrogens with one attached hydrogen (secondary N) is 1. The number of aliphatic carboxylic acids is 1. The lowest BCUT2D eigenvalue weighted by molar-refractivity contribution is -0.139. The number of aromatic nitrogens is 2. The molecule has 1 aromatic rings. The molecule has 1 aliphatic heterocycles. The van der Waals surface area contributed by atoms with Crippen LogP contribution in [-0.2, 0) is 11.8 Å². The minimum atomic E-state index is -1.07. The SMILES string of the molecule is Cn1cc(C(NC(=O)N2CC3CCCC3C2)C(=O)O)cn1. The molecule has 2 N–H and O–H groups in total. The highest BCUT2D eigenvalue weighted by molar-refractivity contribution is 5.83. The number of hydrogen-bond acceptors (Lipinski definition) is 3. The van der Waals surface area contributed by atoms with Gasteiger partial charge in [-0.15, -0.1) is 0 Å². The molecule has 2 fully saturated rings. The summed E-state index contributed by atoms with van der Waals surface area (Å²) in [7, 11) is 1.71. The molecule has 114 valence electrons. The topological polar surface area (TPSA) is 87.5 Å². The Morgan fingerprint density at radius 1 is 1.38 bits per heavy atom. The van der Waals surface area contributed by atoms with E-state index in [4.69, 9.17) is 0 Å². The Bertz CT molecular complexity index is 544. The summed E-state index contributed by atoms with van der Waals surface area (Å²) in [5, 5.41) is 15.9. The quantitative estimate of drug-likeness (QED) is 0.869. The maximum Gasteiger partial charge on any atom is 0.331 e. The zero-order chi connectivity index (χ0) is 15.0. The monoisotopic (exact) mass is 292 g/mol. The molecule has 21 heavy (non-hydrogen) atoms. The number of carboxylic acids is 1. The molecule has 7 heteroatoms. The van der Waals surface area contributed by atoms with E-state index in [9.17, 15) is 14.7 Å². The smallest absolute Gasteiger partial charge is 0.331 e. The zero-order valence-corrected chi connectivity index (χ0v) is 12.0. The van der Waals surface area contributed by atoms with E-state index >= 15 is 0 Å². The Labute approximate surface area is 122 Å². The third kappa shape index (κ3) is 2.72. The third-order valence-corrected chi connectivity index (χ3v) is 4.59. The van der Waals surface area contributed by atoms with Gasteiger partial charge in [-0.3, -0.25) is 4.68 Å². The van der Waals surface area contributed by atoms with Gasteiger partial charge in [-0.2, -0.15) is 5.10 Å². The summed E-state index contributed by atoms with van der Waals surface area (Å²) in [6.45, 7) is 1.49. The number of likely N-dealkylation sites (tertiary alicyclic amines) is 1. The van der Waals surface area contributed by atoms with Crippen LogP contribution in [0.2, 0.25) is 0 Å². The normalized spacial score (nSPS) is 25.7. The maximum atomic E-state index is 12.3. The van der Waals surface area contributed by atoms with Crippen molar-refractivity contribution >= 4 is 12.0 Å². The number of aryl methyl sites for hydroxylation is 1. The van der Waals surface area contributed by atoms with Crippen molar-refractivity contribution in [3.8, 4) is 0 Å². The van der Waals surface area contributed by atoms with Crippen LogP contribution in [0.3, 0.4) is 0 Å². The average Bonchev–Trinajstić information content (AvgIpc) is 3.09. The number of urea groups is 1. The zero-order valence-electron chi connectivity index (χ0n) is 12.0. The second-order valence-electron chi connectivity index (χ2n) is 6.02. The van der Waals surface area contributed by atoms with Crippen LogP contribution in [-0.4, -0.2) is 44.9 Å². The first kappa shape index (κ1) is 13.9. The van der Waals surface area contributed by atoms with Gasteiger partial charge in [0.2, 0.25) is 0 Å². The van der Waals surface area contributed by atoms with Crippen molar-refractivity contribution < 1.29 is 14.7 Å². The van der Waals surface area contributed by atoms with Gasteiger partial charge >= 0.3 is 12.0 Å². The molecule has 3 atom stereocenters. The number of fused-ring (bicyclic) bond motifs is 1. The first-order valence-electron chi connectivity index (χ1n) is 7.31. The van der Waals surface area contributed by atoms with Gasteiger partial charge in [-0.25, -0.2) is 9.59 Å². The van der Waals surface area contributed by atoms with Crippen LogP contribution in [0.4, 0.5) is 4.79 Å². The molecule has 0 bridgehead atoms. The summed E-state index contributed by atoms with van der Waals surface area (Å²) in [5.41, 5.74) is 0.484. The minimum Gasteiger partial charge on any atom is -0.479 e. The van der Waals surface area contributed by atoms with Crippen LogP contribution in [0.5, 0.6) is 0 Å². The highest BCUT2D eigenvalue weighted by Gasteiger charge is 2.39. The first-order chi connectivity index (χ1) is 10.0. The Morgan fingerprint density at radius 3 is 2.57 bits per heavy atom. The van der Waals surface area contributed by atoms with Gasteiger partial charge < -0.3 is 15.3 Å². The molecule has 0 aromatic carbocycles. The van der Waals surface area contributed by atoms with E-state index in [1.54, 1.807) is 18.1 Å². The molecule has 3 unspecified atom stereocenters. The van der Waals surface area contributed by atoms with Gasteiger partial charge in [0.25, 0.3) is 0 Å². The maximum absolute atomic E-state index is 12.3. The Balaban J connectivity index is 1.66. The standard InChI is InChI=1S/C14H20N4O3/c1-17-6-11(5-15-17)12(13(19)20)16-14(21)18-7-9-3-2-4-10(9)8-18/h5-6,9-10,12H,2-4,7-8H2,1H3,(H,16,21)(H,19,20). The summed E-state index contributed by atoms with van der Waals surface area (Å²) in [4.78, 5) is 25.4. The van der Waals surface area contributed by atoms with E-state index in [1.807, 2.05) is 0 Å². The summed E-state index contributed by atoms with van der Waals surface area (Å²) >= 11 is 0. The van der Waals surface area contributed by atoms with Crippen LogP contribution in [0.15, 0.2) is 12.4 Å². The fourth-order valence-corrected chi connectivity index (χ4v) is 3.49. The summed E-state index contributed by atoms with van der Waals surface area (Å²) < 4.78 is 1.53. The van der Waals surface area contributed by atoms with Crippen molar-refractivity contribution in [3.05, 3.63) is 18.0 Å². The average molecular weight is 292 g/mol. The molecule has 7 nitrogen and oxygen atoms in total. The second-order valence-corrected chi connectivity index (χ2v) is 6.02. The van der Waals surface area contributed by atoms with Gasteiger partial charge in [0, 0.05) is 31.9 Å². The first-order valence-corrected chi connectivity index (χ1v) is 7.31. The van der Waals surface area contributed by atoms with Crippen molar-refractivity contribution in [2.45, 2.75) is 25.3 Å². The number of amides is 2. The molecule has 2 heterocycles. The molecule has 1 aliphatic carbocycles. The molecule has 0 radical (unpaired) electrons. The number of carboxylic acid groups (broad SMARTS) is 1. The molecule has 1 saturated heterocycles. The van der Waals surface area contributed by atoms with Gasteiger partial charge in [0.05, 0.1) is 6.20 Å². The number of hydrogen-bond donors (Lipinski definition) is 2. The van der Waals surface area contributed by atoms with Gasteiger partial charge in [-0.05, 0) is 24.7 Å². The van der Waals surface area contributed by atoms with E-state index in [-0.39, 0.29) is 6.03 Å². The van der Waals surface area contributed by atoms with Crippen LogP contribution in [0.25, 0.3) is 0 Å².